The maximum absolute atomic E-state index is 12.8. The van der Waals surface area contributed by atoms with E-state index in [0.717, 1.165) is 11.1 Å². The highest BCUT2D eigenvalue weighted by molar-refractivity contribution is 5.94. The summed E-state index contributed by atoms with van der Waals surface area (Å²) in [4.78, 5) is 26.7. The van der Waals surface area contributed by atoms with Crippen molar-refractivity contribution < 1.29 is 18.7 Å². The van der Waals surface area contributed by atoms with E-state index in [0.29, 0.717) is 17.2 Å². The van der Waals surface area contributed by atoms with Gasteiger partial charge in [0.15, 0.2) is 6.61 Å². The highest BCUT2D eigenvalue weighted by Crippen LogP contribution is 2.19. The predicted octanol–water partition coefficient (Wildman–Crippen LogP) is 3.94. The second kappa shape index (κ2) is 9.59. The largest absolute Gasteiger partial charge is 0.483 e. The van der Waals surface area contributed by atoms with Gasteiger partial charge in [-0.1, -0.05) is 35.9 Å². The molecule has 1 heterocycles. The minimum absolute atomic E-state index is 0.106. The molecular formula is C23H24N2O4. The first-order valence-electron chi connectivity index (χ1n) is 9.36. The first-order valence-corrected chi connectivity index (χ1v) is 9.36. The molecule has 6 nitrogen and oxygen atoms in total. The van der Waals surface area contributed by atoms with Crippen LogP contribution < -0.4 is 10.1 Å². The molecule has 29 heavy (non-hydrogen) atoms. The van der Waals surface area contributed by atoms with Crippen LogP contribution in [0.5, 0.6) is 5.75 Å². The van der Waals surface area contributed by atoms with Crippen molar-refractivity contribution in [2.24, 2.45) is 0 Å². The normalized spacial score (nSPS) is 10.4. The number of amides is 2. The lowest BCUT2D eigenvalue weighted by molar-refractivity contribution is -0.137. The smallest absolute Gasteiger partial charge is 0.261 e. The molecule has 6 heteroatoms. The average molecular weight is 392 g/mol. The number of carbonyl (C=O) groups excluding carboxylic acids is 2. The lowest BCUT2D eigenvalue weighted by Gasteiger charge is -2.21. The van der Waals surface area contributed by atoms with Gasteiger partial charge in [0.25, 0.3) is 5.91 Å². The average Bonchev–Trinajstić information content (AvgIpc) is 3.20. The zero-order valence-corrected chi connectivity index (χ0v) is 16.6. The Bertz CT molecular complexity index is 952. The van der Waals surface area contributed by atoms with Crippen LogP contribution in [-0.2, 0) is 16.1 Å². The number of hydrogen-bond acceptors (Lipinski definition) is 4. The van der Waals surface area contributed by atoms with Crippen LogP contribution in [0.4, 0.5) is 5.69 Å². The van der Waals surface area contributed by atoms with E-state index in [1.807, 2.05) is 50.2 Å². The molecule has 3 aromatic rings. The zero-order chi connectivity index (χ0) is 20.6. The van der Waals surface area contributed by atoms with Crippen molar-refractivity contribution in [2.75, 3.05) is 18.5 Å². The van der Waals surface area contributed by atoms with Gasteiger partial charge >= 0.3 is 0 Å². The number of rotatable bonds is 8. The third-order valence-electron chi connectivity index (χ3n) is 4.35. The number of furan rings is 1. The quantitative estimate of drug-likeness (QED) is 0.630. The van der Waals surface area contributed by atoms with Gasteiger partial charge in [-0.15, -0.1) is 0 Å². The third kappa shape index (κ3) is 5.97. The van der Waals surface area contributed by atoms with Crippen LogP contribution in [0, 0.1) is 13.8 Å². The first-order chi connectivity index (χ1) is 14.0. The predicted molar refractivity (Wildman–Crippen MR) is 111 cm³/mol. The summed E-state index contributed by atoms with van der Waals surface area (Å²) in [7, 11) is 0. The van der Waals surface area contributed by atoms with Crippen LogP contribution in [0.1, 0.15) is 16.9 Å². The Balaban J connectivity index is 1.65. The van der Waals surface area contributed by atoms with Gasteiger partial charge in [-0.3, -0.25) is 9.59 Å². The molecule has 2 amide bonds. The van der Waals surface area contributed by atoms with Crippen LogP contribution in [0.15, 0.2) is 71.3 Å². The van der Waals surface area contributed by atoms with E-state index in [9.17, 15) is 9.59 Å². The fraction of sp³-hybridized carbons (Fsp3) is 0.217. The van der Waals surface area contributed by atoms with Crippen LogP contribution >= 0.6 is 0 Å². The molecule has 0 aliphatic carbocycles. The van der Waals surface area contributed by atoms with Crippen LogP contribution in [-0.4, -0.2) is 29.9 Å². The molecule has 1 aromatic heterocycles. The van der Waals surface area contributed by atoms with Crippen molar-refractivity contribution >= 4 is 17.5 Å². The SMILES string of the molecule is Cc1ccc(OCC(=O)N(CC(=O)Nc2ccccc2)Cc2ccco2)c(C)c1. The number of benzene rings is 2. The van der Waals surface area contributed by atoms with Gasteiger partial charge in [0, 0.05) is 5.69 Å². The number of nitrogens with one attached hydrogen (secondary N) is 1. The number of nitrogens with zero attached hydrogens (tertiary/aromatic N) is 1. The number of ether oxygens (including phenoxy) is 1. The Morgan fingerprint density at radius 2 is 1.83 bits per heavy atom. The molecule has 0 aliphatic rings. The summed E-state index contributed by atoms with van der Waals surface area (Å²) in [6.45, 7) is 3.84. The topological polar surface area (TPSA) is 71.8 Å². The summed E-state index contributed by atoms with van der Waals surface area (Å²) in [5.74, 6) is 0.653. The standard InChI is InChI=1S/C23H24N2O4/c1-17-10-11-21(18(2)13-17)29-16-23(27)25(14-20-9-6-12-28-20)15-22(26)24-19-7-4-3-5-8-19/h3-13H,14-16H2,1-2H3,(H,24,26). The molecule has 0 fully saturated rings. The van der Waals surface area contributed by atoms with Gasteiger partial charge in [0.1, 0.15) is 18.1 Å². The Kier molecular flexibility index (Phi) is 6.68. The molecule has 0 saturated carbocycles. The molecule has 2 aromatic carbocycles. The van der Waals surface area contributed by atoms with Gasteiger partial charge in [-0.25, -0.2) is 0 Å². The Labute approximate surface area is 170 Å². The number of aryl methyl sites for hydroxylation is 2. The summed E-state index contributed by atoms with van der Waals surface area (Å²) in [6, 6.07) is 18.4. The van der Waals surface area contributed by atoms with Gasteiger partial charge in [0.05, 0.1) is 12.8 Å². The molecule has 0 bridgehead atoms. The summed E-state index contributed by atoms with van der Waals surface area (Å²) in [5, 5.41) is 2.79. The van der Waals surface area contributed by atoms with Crippen molar-refractivity contribution in [3.8, 4) is 5.75 Å². The summed E-state index contributed by atoms with van der Waals surface area (Å²) < 4.78 is 11.0. The third-order valence-corrected chi connectivity index (χ3v) is 4.35. The second-order valence-electron chi connectivity index (χ2n) is 6.80. The van der Waals surface area contributed by atoms with Gasteiger partial charge in [-0.2, -0.15) is 0 Å². The molecule has 0 spiro atoms. The van der Waals surface area contributed by atoms with Crippen molar-refractivity contribution in [2.45, 2.75) is 20.4 Å². The molecule has 0 unspecified atom stereocenters. The molecule has 0 aliphatic heterocycles. The van der Waals surface area contributed by atoms with Crippen molar-refractivity contribution in [3.05, 3.63) is 83.8 Å². The van der Waals surface area contributed by atoms with Crippen LogP contribution in [0.2, 0.25) is 0 Å². The van der Waals surface area contributed by atoms with Crippen molar-refractivity contribution in [3.63, 3.8) is 0 Å². The second-order valence-corrected chi connectivity index (χ2v) is 6.80. The van der Waals surface area contributed by atoms with Crippen molar-refractivity contribution in [1.82, 2.24) is 4.90 Å². The first kappa shape index (κ1) is 20.2. The molecule has 0 saturated heterocycles. The highest BCUT2D eigenvalue weighted by Gasteiger charge is 2.20. The van der Waals surface area contributed by atoms with E-state index in [2.05, 4.69) is 5.32 Å². The zero-order valence-electron chi connectivity index (χ0n) is 16.6. The summed E-state index contributed by atoms with van der Waals surface area (Å²) in [5.41, 5.74) is 2.75. The van der Waals surface area contributed by atoms with Gasteiger partial charge in [0.2, 0.25) is 5.91 Å². The van der Waals surface area contributed by atoms with E-state index in [1.165, 1.54) is 11.2 Å². The van der Waals surface area contributed by atoms with Gasteiger partial charge in [-0.05, 0) is 49.7 Å². The Morgan fingerprint density at radius 3 is 2.52 bits per heavy atom. The summed E-state index contributed by atoms with van der Waals surface area (Å²) in [6.07, 6.45) is 1.54. The minimum atomic E-state index is -0.301. The lowest BCUT2D eigenvalue weighted by atomic mass is 10.1. The number of carbonyl (C=O) groups is 2. The monoisotopic (exact) mass is 392 g/mol. The number of anilines is 1. The highest BCUT2D eigenvalue weighted by atomic mass is 16.5. The van der Waals surface area contributed by atoms with E-state index in [-0.39, 0.29) is 31.5 Å². The van der Waals surface area contributed by atoms with Gasteiger partial charge < -0.3 is 19.4 Å². The Hall–Kier alpha value is -3.54. The molecular weight excluding hydrogens is 368 g/mol. The Morgan fingerprint density at radius 1 is 1.03 bits per heavy atom. The van der Waals surface area contributed by atoms with E-state index < -0.39 is 0 Å². The molecule has 0 radical (unpaired) electrons. The molecule has 0 atom stereocenters. The number of para-hydroxylation sites is 1. The fourth-order valence-electron chi connectivity index (χ4n) is 2.91. The fourth-order valence-corrected chi connectivity index (χ4v) is 2.91. The van der Waals surface area contributed by atoms with E-state index in [4.69, 9.17) is 9.15 Å². The van der Waals surface area contributed by atoms with E-state index >= 15 is 0 Å². The van der Waals surface area contributed by atoms with Crippen LogP contribution in [0.3, 0.4) is 0 Å². The maximum atomic E-state index is 12.8. The van der Waals surface area contributed by atoms with E-state index in [1.54, 1.807) is 24.3 Å². The number of hydrogen-bond donors (Lipinski definition) is 1. The van der Waals surface area contributed by atoms with Crippen molar-refractivity contribution in [1.29, 1.82) is 0 Å². The molecule has 1 N–H and O–H groups in total. The van der Waals surface area contributed by atoms with Crippen LogP contribution in [0.25, 0.3) is 0 Å². The minimum Gasteiger partial charge on any atom is -0.483 e. The molecule has 3 rings (SSSR count). The maximum Gasteiger partial charge on any atom is 0.261 e. The lowest BCUT2D eigenvalue weighted by Crippen LogP contribution is -2.40. The molecule has 150 valence electrons. The summed E-state index contributed by atoms with van der Waals surface area (Å²) >= 11 is 0.